The number of hydrogen-bond acceptors (Lipinski definition) is 6. The van der Waals surface area contributed by atoms with E-state index in [9.17, 15) is 14.7 Å². The Hall–Kier alpha value is -2.84. The second kappa shape index (κ2) is 8.45. The molecule has 1 amide bonds. The lowest BCUT2D eigenvalue weighted by Gasteiger charge is -2.41. The van der Waals surface area contributed by atoms with E-state index in [0.717, 1.165) is 5.56 Å². The van der Waals surface area contributed by atoms with Crippen LogP contribution in [0, 0.1) is 0 Å². The standard InChI is InChI=1S/C20H24N2O6/c1-21-7-6-14(11-18(21)24)20(25)22-8-9-28-17(12-23)19(22)13-4-5-15(26-2)16(10-13)27-3/h4-7,10-11,17,19,23H,8-9,12H2,1-3H3/t17-,19-/m0/s1. The number of benzene rings is 1. The van der Waals surface area contributed by atoms with Crippen LogP contribution >= 0.6 is 0 Å². The van der Waals surface area contributed by atoms with Crippen molar-refractivity contribution in [2.45, 2.75) is 12.1 Å². The molecular formula is C20H24N2O6. The molecule has 0 bridgehead atoms. The summed E-state index contributed by atoms with van der Waals surface area (Å²) in [6.45, 7) is 0.383. The third kappa shape index (κ3) is 3.74. The summed E-state index contributed by atoms with van der Waals surface area (Å²) in [5.41, 5.74) is 0.779. The van der Waals surface area contributed by atoms with E-state index in [4.69, 9.17) is 14.2 Å². The van der Waals surface area contributed by atoms with E-state index in [1.165, 1.54) is 17.7 Å². The fourth-order valence-corrected chi connectivity index (χ4v) is 3.39. The average Bonchev–Trinajstić information content (AvgIpc) is 2.73. The van der Waals surface area contributed by atoms with Crippen molar-refractivity contribution >= 4 is 5.91 Å². The summed E-state index contributed by atoms with van der Waals surface area (Å²) in [5, 5.41) is 9.83. The summed E-state index contributed by atoms with van der Waals surface area (Å²) in [7, 11) is 4.70. The number of aliphatic hydroxyl groups is 1. The number of morpholine rings is 1. The Morgan fingerprint density at radius 2 is 1.96 bits per heavy atom. The Bertz CT molecular complexity index is 910. The van der Waals surface area contributed by atoms with Crippen LogP contribution in [0.15, 0.2) is 41.3 Å². The van der Waals surface area contributed by atoms with Gasteiger partial charge in [-0.15, -0.1) is 0 Å². The van der Waals surface area contributed by atoms with E-state index in [0.29, 0.717) is 30.2 Å². The van der Waals surface area contributed by atoms with Crippen molar-refractivity contribution in [3.8, 4) is 11.5 Å². The molecule has 28 heavy (non-hydrogen) atoms. The maximum absolute atomic E-state index is 13.2. The normalized spacial score (nSPS) is 19.4. The molecule has 1 aromatic carbocycles. The molecule has 3 rings (SSSR count). The van der Waals surface area contributed by atoms with Crippen LogP contribution < -0.4 is 15.0 Å². The van der Waals surface area contributed by atoms with Crippen LogP contribution in [-0.4, -0.2) is 60.6 Å². The van der Waals surface area contributed by atoms with Gasteiger partial charge in [0.25, 0.3) is 11.5 Å². The zero-order chi connectivity index (χ0) is 20.3. The predicted molar refractivity (Wildman–Crippen MR) is 102 cm³/mol. The second-order valence-electron chi connectivity index (χ2n) is 6.51. The number of amides is 1. The lowest BCUT2D eigenvalue weighted by molar-refractivity contribution is -0.0811. The van der Waals surface area contributed by atoms with Gasteiger partial charge in [-0.1, -0.05) is 6.07 Å². The number of aryl methyl sites for hydroxylation is 1. The van der Waals surface area contributed by atoms with Crippen LogP contribution in [0.25, 0.3) is 0 Å². The maximum Gasteiger partial charge on any atom is 0.254 e. The van der Waals surface area contributed by atoms with E-state index < -0.39 is 12.1 Å². The van der Waals surface area contributed by atoms with Crippen LogP contribution in [0.1, 0.15) is 22.0 Å². The van der Waals surface area contributed by atoms with Crippen LogP contribution in [0.5, 0.6) is 11.5 Å². The van der Waals surface area contributed by atoms with Gasteiger partial charge in [-0.05, 0) is 23.8 Å². The second-order valence-corrected chi connectivity index (χ2v) is 6.51. The minimum absolute atomic E-state index is 0.251. The van der Waals surface area contributed by atoms with Crippen molar-refractivity contribution in [1.82, 2.24) is 9.47 Å². The summed E-state index contributed by atoms with van der Waals surface area (Å²) in [5.74, 6) is 0.787. The molecular weight excluding hydrogens is 364 g/mol. The van der Waals surface area contributed by atoms with E-state index in [2.05, 4.69) is 0 Å². The van der Waals surface area contributed by atoms with Gasteiger partial charge in [-0.3, -0.25) is 9.59 Å². The number of carbonyl (C=O) groups excluding carboxylic acids is 1. The molecule has 0 unspecified atom stereocenters. The molecule has 0 aliphatic carbocycles. The molecule has 0 radical (unpaired) electrons. The number of methoxy groups -OCH3 is 2. The Morgan fingerprint density at radius 3 is 2.61 bits per heavy atom. The molecule has 2 heterocycles. The molecule has 2 atom stereocenters. The molecule has 0 spiro atoms. The first-order valence-corrected chi connectivity index (χ1v) is 8.92. The Labute approximate surface area is 162 Å². The Balaban J connectivity index is 2.02. The summed E-state index contributed by atoms with van der Waals surface area (Å²) in [6, 6.07) is 7.72. The molecule has 1 saturated heterocycles. The number of ether oxygens (including phenoxy) is 3. The SMILES string of the molecule is COc1ccc([C@H]2[C@H](CO)OCCN2C(=O)c2ccn(C)c(=O)c2)cc1OC. The minimum Gasteiger partial charge on any atom is -0.493 e. The largest absolute Gasteiger partial charge is 0.493 e. The molecule has 1 N–H and O–H groups in total. The lowest BCUT2D eigenvalue weighted by Crippen LogP contribution is -2.49. The van der Waals surface area contributed by atoms with Gasteiger partial charge in [-0.25, -0.2) is 0 Å². The van der Waals surface area contributed by atoms with E-state index >= 15 is 0 Å². The Kier molecular flexibility index (Phi) is 6.01. The molecule has 1 aliphatic rings. The quantitative estimate of drug-likeness (QED) is 0.821. The number of carbonyl (C=O) groups is 1. The molecule has 2 aromatic rings. The van der Waals surface area contributed by atoms with Crippen LogP contribution in [0.4, 0.5) is 0 Å². The van der Waals surface area contributed by atoms with Gasteiger partial charge in [0.05, 0.1) is 33.5 Å². The van der Waals surface area contributed by atoms with Crippen molar-refractivity contribution in [2.75, 3.05) is 34.0 Å². The molecule has 1 aliphatic heterocycles. The summed E-state index contributed by atoms with van der Waals surface area (Å²) >= 11 is 0. The third-order valence-corrected chi connectivity index (χ3v) is 4.89. The molecule has 8 heteroatoms. The predicted octanol–water partition coefficient (Wildman–Crippen LogP) is 0.977. The first-order chi connectivity index (χ1) is 13.5. The van der Waals surface area contributed by atoms with Crippen molar-refractivity contribution in [3.63, 3.8) is 0 Å². The molecule has 1 aromatic heterocycles. The van der Waals surface area contributed by atoms with Gasteiger partial charge >= 0.3 is 0 Å². The summed E-state index contributed by atoms with van der Waals surface area (Å²) in [6.07, 6.45) is 0.965. The fraction of sp³-hybridized carbons (Fsp3) is 0.400. The zero-order valence-electron chi connectivity index (χ0n) is 16.1. The Morgan fingerprint density at radius 1 is 1.21 bits per heavy atom. The average molecular weight is 388 g/mol. The molecule has 150 valence electrons. The van der Waals surface area contributed by atoms with Gasteiger partial charge < -0.3 is 28.8 Å². The number of aromatic nitrogens is 1. The van der Waals surface area contributed by atoms with Gasteiger partial charge in [0.15, 0.2) is 11.5 Å². The highest BCUT2D eigenvalue weighted by atomic mass is 16.5. The number of hydrogen-bond donors (Lipinski definition) is 1. The van der Waals surface area contributed by atoms with Crippen LogP contribution in [-0.2, 0) is 11.8 Å². The number of nitrogens with zero attached hydrogens (tertiary/aromatic N) is 2. The van der Waals surface area contributed by atoms with Crippen molar-refractivity contribution in [1.29, 1.82) is 0 Å². The number of pyridine rings is 1. The van der Waals surface area contributed by atoms with Gasteiger partial charge in [0.1, 0.15) is 6.10 Å². The van der Waals surface area contributed by atoms with E-state index in [1.54, 1.807) is 43.5 Å². The third-order valence-electron chi connectivity index (χ3n) is 4.89. The first-order valence-electron chi connectivity index (χ1n) is 8.92. The monoisotopic (exact) mass is 388 g/mol. The van der Waals surface area contributed by atoms with E-state index in [-0.39, 0.29) is 18.1 Å². The maximum atomic E-state index is 13.2. The van der Waals surface area contributed by atoms with Crippen molar-refractivity contribution < 1.29 is 24.1 Å². The number of aliphatic hydroxyl groups excluding tert-OH is 1. The van der Waals surface area contributed by atoms with Gasteiger partial charge in [0, 0.05) is 31.4 Å². The molecule has 0 saturated carbocycles. The number of rotatable bonds is 5. The van der Waals surface area contributed by atoms with Crippen LogP contribution in [0.2, 0.25) is 0 Å². The van der Waals surface area contributed by atoms with Gasteiger partial charge in [-0.2, -0.15) is 0 Å². The topological polar surface area (TPSA) is 90.2 Å². The zero-order valence-corrected chi connectivity index (χ0v) is 16.1. The van der Waals surface area contributed by atoms with E-state index in [1.807, 2.05) is 6.07 Å². The minimum atomic E-state index is -0.595. The highest BCUT2D eigenvalue weighted by molar-refractivity contribution is 5.94. The summed E-state index contributed by atoms with van der Waals surface area (Å²) in [4.78, 5) is 26.7. The fourth-order valence-electron chi connectivity index (χ4n) is 3.39. The first kappa shape index (κ1) is 19.9. The molecule has 8 nitrogen and oxygen atoms in total. The van der Waals surface area contributed by atoms with Crippen molar-refractivity contribution in [3.05, 3.63) is 58.0 Å². The van der Waals surface area contributed by atoms with Crippen LogP contribution in [0.3, 0.4) is 0 Å². The molecule has 1 fully saturated rings. The smallest absolute Gasteiger partial charge is 0.254 e. The van der Waals surface area contributed by atoms with Crippen molar-refractivity contribution in [2.24, 2.45) is 7.05 Å². The van der Waals surface area contributed by atoms with Gasteiger partial charge in [0.2, 0.25) is 0 Å². The summed E-state index contributed by atoms with van der Waals surface area (Å²) < 4.78 is 17.7. The highest BCUT2D eigenvalue weighted by Crippen LogP contribution is 2.36. The lowest BCUT2D eigenvalue weighted by atomic mass is 9.97. The highest BCUT2D eigenvalue weighted by Gasteiger charge is 2.37.